The summed E-state index contributed by atoms with van der Waals surface area (Å²) in [6.07, 6.45) is 9.53. The van der Waals surface area contributed by atoms with Crippen LogP contribution in [0.3, 0.4) is 0 Å². The van der Waals surface area contributed by atoms with Crippen LogP contribution in [0, 0.1) is 17.8 Å². The monoisotopic (exact) mass is 752 g/mol. The van der Waals surface area contributed by atoms with Gasteiger partial charge in [-0.25, -0.2) is 4.21 Å². The van der Waals surface area contributed by atoms with Crippen LogP contribution in [0.25, 0.3) is 0 Å². The molecule has 7 rings (SSSR count). The minimum atomic E-state index is -1.55. The molecule has 1 amide bonds. The zero-order chi connectivity index (χ0) is 36.4. The number of piperazine rings is 1. The van der Waals surface area contributed by atoms with E-state index in [0.717, 1.165) is 108 Å². The molecule has 0 radical (unpaired) electrons. The summed E-state index contributed by atoms with van der Waals surface area (Å²) in [6, 6.07) is 12.4. The Labute approximate surface area is 317 Å². The highest BCUT2D eigenvalue weighted by Gasteiger charge is 2.49. The maximum Gasteiger partial charge on any atom is 0.263 e. The molecular formula is C41H57ClN4O5S. The van der Waals surface area contributed by atoms with E-state index in [1.807, 2.05) is 32.2 Å². The number of amides is 1. The van der Waals surface area contributed by atoms with Crippen LogP contribution in [0.1, 0.15) is 73.9 Å². The van der Waals surface area contributed by atoms with Gasteiger partial charge in [0, 0.05) is 75.5 Å². The molecule has 0 spiro atoms. The second-order valence-corrected chi connectivity index (χ2v) is 17.8. The predicted molar refractivity (Wildman–Crippen MR) is 209 cm³/mol. The minimum Gasteiger partial charge on any atom is -0.491 e. The Balaban J connectivity index is 1.25. The Morgan fingerprint density at radius 2 is 1.92 bits per heavy atom. The quantitative estimate of drug-likeness (QED) is 0.356. The van der Waals surface area contributed by atoms with Crippen molar-refractivity contribution < 1.29 is 23.2 Å². The van der Waals surface area contributed by atoms with Crippen molar-refractivity contribution in [2.24, 2.45) is 17.8 Å². The molecular weight excluding hydrogens is 696 g/mol. The van der Waals surface area contributed by atoms with Gasteiger partial charge in [-0.1, -0.05) is 50.1 Å². The van der Waals surface area contributed by atoms with E-state index in [1.165, 1.54) is 11.1 Å². The molecule has 52 heavy (non-hydrogen) atoms. The van der Waals surface area contributed by atoms with Crippen LogP contribution >= 0.6 is 11.6 Å². The van der Waals surface area contributed by atoms with Crippen LogP contribution in [0.4, 0.5) is 5.69 Å². The summed E-state index contributed by atoms with van der Waals surface area (Å²) < 4.78 is 35.6. The number of hydrogen-bond donors (Lipinski definition) is 1. The molecule has 284 valence electrons. The summed E-state index contributed by atoms with van der Waals surface area (Å²) >= 11 is 6.51. The van der Waals surface area contributed by atoms with E-state index in [4.69, 9.17) is 25.8 Å². The highest BCUT2D eigenvalue weighted by Crippen LogP contribution is 2.47. The van der Waals surface area contributed by atoms with E-state index in [9.17, 15) is 9.00 Å². The highest BCUT2D eigenvalue weighted by atomic mass is 35.5. The number of fused-ring (bicyclic) bond motifs is 3. The SMILES string of the molecule is CCCc1cc(Cl)ccc1C1COc2ccc3cc2N(C1)CC1CCC1[C@@](CN1CCN2CCOCC2C1)(OC)/C=C/CC(C)C(C)S(=O)NC3=O. The molecule has 8 atom stereocenters. The first kappa shape index (κ1) is 37.8. The number of halogens is 1. The van der Waals surface area contributed by atoms with E-state index < -0.39 is 16.6 Å². The molecule has 3 fully saturated rings. The van der Waals surface area contributed by atoms with Crippen LogP contribution in [0.2, 0.25) is 5.02 Å². The number of carbonyl (C=O) groups is 1. The van der Waals surface area contributed by atoms with E-state index in [0.29, 0.717) is 30.0 Å². The smallest absolute Gasteiger partial charge is 0.263 e. The zero-order valence-corrected chi connectivity index (χ0v) is 32.9. The van der Waals surface area contributed by atoms with E-state index in [-0.39, 0.29) is 23.0 Å². The normalized spacial score (nSPS) is 33.8. The predicted octanol–water partition coefficient (Wildman–Crippen LogP) is 6.08. The lowest BCUT2D eigenvalue weighted by Gasteiger charge is -2.53. The molecule has 4 heterocycles. The van der Waals surface area contributed by atoms with Gasteiger partial charge < -0.3 is 19.1 Å². The van der Waals surface area contributed by atoms with Crippen molar-refractivity contribution >= 4 is 34.2 Å². The maximum absolute atomic E-state index is 13.6. The average Bonchev–Trinajstić information content (AvgIpc) is 3.31. The van der Waals surface area contributed by atoms with Crippen molar-refractivity contribution in [2.45, 2.75) is 75.7 Å². The van der Waals surface area contributed by atoms with Gasteiger partial charge in [-0.2, -0.15) is 0 Å². The van der Waals surface area contributed by atoms with Crippen LogP contribution < -0.4 is 14.4 Å². The third-order valence-corrected chi connectivity index (χ3v) is 14.4. The number of morpholine rings is 1. The number of allylic oxidation sites excluding steroid dienone is 1. The Kier molecular flexibility index (Phi) is 12.0. The van der Waals surface area contributed by atoms with Crippen LogP contribution in [-0.4, -0.2) is 110 Å². The van der Waals surface area contributed by atoms with Gasteiger partial charge in [-0.3, -0.25) is 19.3 Å². The van der Waals surface area contributed by atoms with Crippen molar-refractivity contribution in [2.75, 3.05) is 77.6 Å². The third kappa shape index (κ3) is 7.98. The fourth-order valence-electron chi connectivity index (χ4n) is 9.18. The zero-order valence-electron chi connectivity index (χ0n) is 31.4. The summed E-state index contributed by atoms with van der Waals surface area (Å²) in [5.41, 5.74) is 3.48. The van der Waals surface area contributed by atoms with Gasteiger partial charge in [0.15, 0.2) is 0 Å². The van der Waals surface area contributed by atoms with Gasteiger partial charge >= 0.3 is 0 Å². The first-order valence-corrected chi connectivity index (χ1v) is 21.1. The Morgan fingerprint density at radius 3 is 2.71 bits per heavy atom. The number of rotatable bonds is 6. The number of ether oxygens (including phenoxy) is 3. The summed E-state index contributed by atoms with van der Waals surface area (Å²) in [5.74, 6) is 1.35. The summed E-state index contributed by atoms with van der Waals surface area (Å²) in [7, 11) is 0.343. The molecule has 2 aromatic carbocycles. The molecule has 0 aromatic heterocycles. The molecule has 2 aromatic rings. The summed E-state index contributed by atoms with van der Waals surface area (Å²) in [6.45, 7) is 14.9. The van der Waals surface area contributed by atoms with Crippen molar-refractivity contribution in [3.05, 3.63) is 70.3 Å². The molecule has 1 N–H and O–H groups in total. The Morgan fingerprint density at radius 1 is 1.06 bits per heavy atom. The maximum atomic E-state index is 13.6. The highest BCUT2D eigenvalue weighted by molar-refractivity contribution is 7.84. The van der Waals surface area contributed by atoms with Gasteiger partial charge in [0.25, 0.3) is 5.91 Å². The lowest BCUT2D eigenvalue weighted by Crippen LogP contribution is -2.62. The number of benzene rings is 2. The van der Waals surface area contributed by atoms with Crippen molar-refractivity contribution in [1.82, 2.24) is 14.5 Å². The van der Waals surface area contributed by atoms with Gasteiger partial charge in [-0.05, 0) is 91.8 Å². The molecule has 1 aliphatic carbocycles. The molecule has 2 bridgehead atoms. The van der Waals surface area contributed by atoms with Crippen LogP contribution in [-0.2, 0) is 26.9 Å². The standard InChI is InChI=1S/C41H57ClN4O5S/c1-5-7-30-20-34(42)11-12-36(30)33-23-46-22-32-9-13-37(32)41(49-4,27-44-16-17-45-18-19-50-26-35(45)24-44)15-6-8-28(2)29(3)52(48)43-40(47)31-10-14-39(51-25-33)38(46)21-31/h6,10-12,14-15,20-21,28-29,32-33,35,37H,5,7-9,13,16-19,22-27H2,1-4H3,(H,43,47)/b15-6+/t28?,29?,32?,33?,35?,37?,41-,52?/m1/s1. The minimum absolute atomic E-state index is 0.0957. The van der Waals surface area contributed by atoms with Crippen LogP contribution in [0.5, 0.6) is 5.75 Å². The Hall–Kier alpha value is -2.47. The Bertz CT molecular complexity index is 1640. The van der Waals surface area contributed by atoms with E-state index in [1.54, 1.807) is 6.07 Å². The second kappa shape index (κ2) is 16.5. The first-order valence-electron chi connectivity index (χ1n) is 19.5. The number of nitrogens with zero attached hydrogens (tertiary/aromatic N) is 3. The van der Waals surface area contributed by atoms with E-state index in [2.05, 4.69) is 57.6 Å². The van der Waals surface area contributed by atoms with Crippen molar-refractivity contribution in [3.8, 4) is 5.75 Å². The molecule has 4 aliphatic heterocycles. The molecule has 7 unspecified atom stereocenters. The fraction of sp³-hybridized carbons (Fsp3) is 0.634. The van der Waals surface area contributed by atoms with Crippen molar-refractivity contribution in [1.29, 1.82) is 0 Å². The molecule has 2 saturated heterocycles. The largest absolute Gasteiger partial charge is 0.491 e. The van der Waals surface area contributed by atoms with Crippen LogP contribution in [0.15, 0.2) is 48.6 Å². The molecule has 5 aliphatic rings. The lowest BCUT2D eigenvalue weighted by molar-refractivity contribution is -0.108. The number of aryl methyl sites for hydroxylation is 1. The topological polar surface area (TPSA) is 83.6 Å². The lowest BCUT2D eigenvalue weighted by atomic mass is 9.63. The average molecular weight is 753 g/mol. The van der Waals surface area contributed by atoms with Gasteiger partial charge in [0.1, 0.15) is 22.3 Å². The number of anilines is 1. The molecule has 11 heteroatoms. The fourth-order valence-corrected chi connectivity index (χ4v) is 10.4. The summed E-state index contributed by atoms with van der Waals surface area (Å²) in [4.78, 5) is 21.2. The van der Waals surface area contributed by atoms with Gasteiger partial charge in [0.05, 0.1) is 30.8 Å². The third-order valence-electron chi connectivity index (χ3n) is 12.6. The first-order chi connectivity index (χ1) is 25.2. The number of nitrogens with one attached hydrogen (secondary N) is 1. The van der Waals surface area contributed by atoms with E-state index >= 15 is 0 Å². The van der Waals surface area contributed by atoms with Crippen molar-refractivity contribution in [3.63, 3.8) is 0 Å². The molecule has 1 saturated carbocycles. The number of carbonyl (C=O) groups excluding carboxylic acids is 1. The number of hydrogen-bond acceptors (Lipinski definition) is 8. The number of methoxy groups -OCH3 is 1. The molecule has 9 nitrogen and oxygen atoms in total. The summed E-state index contributed by atoms with van der Waals surface area (Å²) in [5, 5.41) is 0.526. The second-order valence-electron chi connectivity index (χ2n) is 15.8. The van der Waals surface area contributed by atoms with Gasteiger partial charge in [-0.15, -0.1) is 0 Å². The van der Waals surface area contributed by atoms with Gasteiger partial charge in [0.2, 0.25) is 0 Å².